The van der Waals surface area contributed by atoms with Crippen molar-refractivity contribution in [1.29, 1.82) is 0 Å². The minimum atomic E-state index is -4.26. The van der Waals surface area contributed by atoms with Crippen molar-refractivity contribution in [3.63, 3.8) is 0 Å². The first-order chi connectivity index (χ1) is 9.37. The Kier molecular flexibility index (Phi) is 4.55. The third-order valence-electron chi connectivity index (χ3n) is 3.56. The first-order valence-corrected chi connectivity index (χ1v) is 6.68. The van der Waals surface area contributed by atoms with Crippen LogP contribution in [-0.2, 0) is 0 Å². The standard InChI is InChI=1S/C14H19F3N2O/c1-10-2-3-11(13(20)8-10)12(9-14(15,16)17)19-6-4-18-5-7-19/h2-3,8,12,18,20H,4-7,9H2,1H3/t12-/m0/s1. The van der Waals surface area contributed by atoms with Gasteiger partial charge < -0.3 is 10.4 Å². The molecule has 1 heterocycles. The van der Waals surface area contributed by atoms with Crippen LogP contribution in [0.3, 0.4) is 0 Å². The van der Waals surface area contributed by atoms with Crippen LogP contribution in [0.25, 0.3) is 0 Å². The Hall–Kier alpha value is -1.27. The highest BCUT2D eigenvalue weighted by Crippen LogP contribution is 2.37. The maximum atomic E-state index is 12.8. The molecular formula is C14H19F3N2O. The molecule has 2 N–H and O–H groups in total. The van der Waals surface area contributed by atoms with Gasteiger partial charge in [0.25, 0.3) is 0 Å². The lowest BCUT2D eigenvalue weighted by molar-refractivity contribution is -0.148. The zero-order valence-electron chi connectivity index (χ0n) is 11.4. The van der Waals surface area contributed by atoms with Gasteiger partial charge in [0, 0.05) is 37.8 Å². The Labute approximate surface area is 116 Å². The molecular weight excluding hydrogens is 269 g/mol. The summed E-state index contributed by atoms with van der Waals surface area (Å²) < 4.78 is 38.5. The van der Waals surface area contributed by atoms with Gasteiger partial charge in [0.05, 0.1) is 6.42 Å². The molecule has 1 aliphatic rings. The van der Waals surface area contributed by atoms with E-state index in [4.69, 9.17) is 0 Å². The predicted molar refractivity (Wildman–Crippen MR) is 70.7 cm³/mol. The monoisotopic (exact) mass is 288 g/mol. The number of halogens is 3. The number of nitrogens with one attached hydrogen (secondary N) is 1. The molecule has 1 atom stereocenters. The fourth-order valence-corrected chi connectivity index (χ4v) is 2.58. The highest BCUT2D eigenvalue weighted by Gasteiger charge is 2.36. The summed E-state index contributed by atoms with van der Waals surface area (Å²) in [6, 6.07) is 4.03. The summed E-state index contributed by atoms with van der Waals surface area (Å²) in [7, 11) is 0. The van der Waals surface area contributed by atoms with Gasteiger partial charge in [0.1, 0.15) is 5.75 Å². The van der Waals surface area contributed by atoms with Gasteiger partial charge in [0.2, 0.25) is 0 Å². The van der Waals surface area contributed by atoms with Crippen molar-refractivity contribution in [1.82, 2.24) is 10.2 Å². The molecule has 1 aromatic carbocycles. The second kappa shape index (κ2) is 6.01. The summed E-state index contributed by atoms with van der Waals surface area (Å²) in [6.45, 7) is 4.23. The Morgan fingerprint density at radius 2 is 1.95 bits per heavy atom. The van der Waals surface area contributed by atoms with Gasteiger partial charge in [-0.25, -0.2) is 0 Å². The number of aromatic hydroxyl groups is 1. The van der Waals surface area contributed by atoms with E-state index in [2.05, 4.69) is 5.32 Å². The minimum Gasteiger partial charge on any atom is -0.508 e. The Morgan fingerprint density at radius 3 is 2.50 bits per heavy atom. The number of aryl methyl sites for hydroxylation is 1. The van der Waals surface area contributed by atoms with Crippen LogP contribution in [0.2, 0.25) is 0 Å². The maximum Gasteiger partial charge on any atom is 0.390 e. The smallest absolute Gasteiger partial charge is 0.390 e. The molecule has 0 aromatic heterocycles. The van der Waals surface area contributed by atoms with E-state index in [0.717, 1.165) is 5.56 Å². The first-order valence-electron chi connectivity index (χ1n) is 6.68. The quantitative estimate of drug-likeness (QED) is 0.897. The molecule has 0 radical (unpaired) electrons. The van der Waals surface area contributed by atoms with Crippen LogP contribution in [0.1, 0.15) is 23.6 Å². The zero-order chi connectivity index (χ0) is 14.8. The summed E-state index contributed by atoms with van der Waals surface area (Å²) in [5.74, 6) is -0.0576. The predicted octanol–water partition coefficient (Wildman–Crippen LogP) is 2.60. The number of piperazine rings is 1. The highest BCUT2D eigenvalue weighted by molar-refractivity contribution is 5.38. The van der Waals surface area contributed by atoms with E-state index in [1.54, 1.807) is 24.0 Å². The molecule has 0 amide bonds. The summed E-state index contributed by atoms with van der Waals surface area (Å²) in [4.78, 5) is 1.79. The fraction of sp³-hybridized carbons (Fsp3) is 0.571. The summed E-state index contributed by atoms with van der Waals surface area (Å²) in [6.07, 6.45) is -5.20. The second-order valence-corrected chi connectivity index (χ2v) is 5.18. The number of phenols is 1. The number of alkyl halides is 3. The maximum absolute atomic E-state index is 12.8. The molecule has 6 heteroatoms. The lowest BCUT2D eigenvalue weighted by Gasteiger charge is -2.36. The number of benzene rings is 1. The Bertz CT molecular complexity index is 456. The number of nitrogens with zero attached hydrogens (tertiary/aromatic N) is 1. The van der Waals surface area contributed by atoms with Crippen molar-refractivity contribution in [2.75, 3.05) is 26.2 Å². The molecule has 3 nitrogen and oxygen atoms in total. The summed E-state index contributed by atoms with van der Waals surface area (Å²) in [5, 5.41) is 13.1. The van der Waals surface area contributed by atoms with Gasteiger partial charge in [-0.2, -0.15) is 13.2 Å². The average molecular weight is 288 g/mol. The van der Waals surface area contributed by atoms with E-state index in [1.165, 1.54) is 6.07 Å². The molecule has 1 aromatic rings. The summed E-state index contributed by atoms with van der Waals surface area (Å²) in [5.41, 5.74) is 1.19. The van der Waals surface area contributed by atoms with Crippen molar-refractivity contribution in [3.8, 4) is 5.75 Å². The Morgan fingerprint density at radius 1 is 1.30 bits per heavy atom. The number of hydrogen-bond acceptors (Lipinski definition) is 3. The van der Waals surface area contributed by atoms with Gasteiger partial charge in [-0.1, -0.05) is 12.1 Å². The molecule has 0 spiro atoms. The van der Waals surface area contributed by atoms with Crippen LogP contribution in [-0.4, -0.2) is 42.4 Å². The fourth-order valence-electron chi connectivity index (χ4n) is 2.58. The van der Waals surface area contributed by atoms with Gasteiger partial charge >= 0.3 is 6.18 Å². The van der Waals surface area contributed by atoms with E-state index in [1.807, 2.05) is 0 Å². The van der Waals surface area contributed by atoms with Crippen molar-refractivity contribution >= 4 is 0 Å². The van der Waals surface area contributed by atoms with E-state index in [9.17, 15) is 18.3 Å². The molecule has 0 saturated carbocycles. The van der Waals surface area contributed by atoms with Crippen LogP contribution < -0.4 is 5.32 Å². The van der Waals surface area contributed by atoms with Crippen LogP contribution >= 0.6 is 0 Å². The number of hydrogen-bond donors (Lipinski definition) is 2. The second-order valence-electron chi connectivity index (χ2n) is 5.18. The first kappa shape index (κ1) is 15.1. The molecule has 1 saturated heterocycles. The molecule has 0 aliphatic carbocycles. The molecule has 1 fully saturated rings. The lowest BCUT2D eigenvalue weighted by Crippen LogP contribution is -2.46. The molecule has 0 unspecified atom stereocenters. The van der Waals surface area contributed by atoms with Gasteiger partial charge in [-0.05, 0) is 18.6 Å². The van der Waals surface area contributed by atoms with E-state index in [0.29, 0.717) is 31.7 Å². The largest absolute Gasteiger partial charge is 0.508 e. The average Bonchev–Trinajstić information content (AvgIpc) is 2.36. The molecule has 112 valence electrons. The number of rotatable bonds is 3. The van der Waals surface area contributed by atoms with Gasteiger partial charge in [-0.3, -0.25) is 4.90 Å². The summed E-state index contributed by atoms with van der Waals surface area (Å²) >= 11 is 0. The van der Waals surface area contributed by atoms with Gasteiger partial charge in [-0.15, -0.1) is 0 Å². The van der Waals surface area contributed by atoms with E-state index < -0.39 is 18.6 Å². The van der Waals surface area contributed by atoms with Crippen LogP contribution in [0.5, 0.6) is 5.75 Å². The molecule has 2 rings (SSSR count). The van der Waals surface area contributed by atoms with Crippen molar-refractivity contribution < 1.29 is 18.3 Å². The van der Waals surface area contributed by atoms with E-state index in [-0.39, 0.29) is 5.75 Å². The molecule has 1 aliphatic heterocycles. The van der Waals surface area contributed by atoms with Crippen molar-refractivity contribution in [2.45, 2.75) is 25.6 Å². The third kappa shape index (κ3) is 3.86. The molecule has 20 heavy (non-hydrogen) atoms. The van der Waals surface area contributed by atoms with Crippen molar-refractivity contribution in [2.24, 2.45) is 0 Å². The Balaban J connectivity index is 2.29. The number of phenolic OH excluding ortho intramolecular Hbond substituents is 1. The highest BCUT2D eigenvalue weighted by atomic mass is 19.4. The molecule has 0 bridgehead atoms. The topological polar surface area (TPSA) is 35.5 Å². The lowest BCUT2D eigenvalue weighted by atomic mass is 9.98. The van der Waals surface area contributed by atoms with Crippen LogP contribution in [0, 0.1) is 6.92 Å². The van der Waals surface area contributed by atoms with Gasteiger partial charge in [0.15, 0.2) is 0 Å². The van der Waals surface area contributed by atoms with Crippen LogP contribution in [0.4, 0.5) is 13.2 Å². The third-order valence-corrected chi connectivity index (χ3v) is 3.56. The van der Waals surface area contributed by atoms with Crippen LogP contribution in [0.15, 0.2) is 18.2 Å². The minimum absolute atomic E-state index is 0.0576. The normalized spacial score (nSPS) is 19.0. The van der Waals surface area contributed by atoms with E-state index >= 15 is 0 Å². The SMILES string of the molecule is Cc1ccc([C@H](CC(F)(F)F)N2CCNCC2)c(O)c1. The zero-order valence-corrected chi connectivity index (χ0v) is 11.4. The van der Waals surface area contributed by atoms with Crippen molar-refractivity contribution in [3.05, 3.63) is 29.3 Å².